The first kappa shape index (κ1) is 31.2. The normalized spacial score (nSPS) is 21.4. The van der Waals surface area contributed by atoms with Crippen LogP contribution < -0.4 is 5.32 Å². The summed E-state index contributed by atoms with van der Waals surface area (Å²) in [6.07, 6.45) is 0.259. The Balaban J connectivity index is 1.30. The number of aromatic nitrogens is 1. The number of amides is 4. The van der Waals surface area contributed by atoms with E-state index in [2.05, 4.69) is 16.4 Å². The smallest absolute Gasteiger partial charge is 0.270 e. The van der Waals surface area contributed by atoms with Gasteiger partial charge in [-0.05, 0) is 48.2 Å². The van der Waals surface area contributed by atoms with Crippen molar-refractivity contribution in [3.63, 3.8) is 0 Å². The molecule has 3 atom stereocenters. The van der Waals surface area contributed by atoms with Crippen molar-refractivity contribution in [2.45, 2.75) is 44.2 Å². The number of fused-ring (bicyclic) bond motifs is 3. The van der Waals surface area contributed by atoms with Gasteiger partial charge in [-0.3, -0.25) is 19.2 Å². The van der Waals surface area contributed by atoms with Crippen molar-refractivity contribution in [1.82, 2.24) is 19.7 Å². The van der Waals surface area contributed by atoms with E-state index < -0.39 is 40.9 Å². The summed E-state index contributed by atoms with van der Waals surface area (Å²) in [6, 6.07) is 8.25. The maximum absolute atomic E-state index is 14.4. The molecule has 1 aromatic heterocycles. The molecule has 6 rings (SSSR count). The monoisotopic (exact) mass is 632 g/mol. The molecular weight excluding hydrogens is 598 g/mol. The highest BCUT2D eigenvalue weighted by atomic mass is 19.1. The van der Waals surface area contributed by atoms with Crippen LogP contribution in [-0.2, 0) is 19.7 Å². The lowest BCUT2D eigenvalue weighted by Crippen LogP contribution is -2.52. The van der Waals surface area contributed by atoms with Crippen LogP contribution in [0.1, 0.15) is 53.1 Å². The lowest BCUT2D eigenvalue weighted by atomic mass is 9.79. The molecule has 0 saturated carbocycles. The predicted octanol–water partition coefficient (Wildman–Crippen LogP) is 3.42. The summed E-state index contributed by atoms with van der Waals surface area (Å²) < 4.78 is 33.5. The molecule has 240 valence electrons. The van der Waals surface area contributed by atoms with Crippen molar-refractivity contribution in [2.24, 2.45) is 5.92 Å². The molecule has 4 heterocycles. The molecule has 2 aromatic carbocycles. The first-order valence-electron chi connectivity index (χ1n) is 15.2. The predicted molar refractivity (Wildman–Crippen MR) is 163 cm³/mol. The zero-order valence-electron chi connectivity index (χ0n) is 25.7. The Kier molecular flexibility index (Phi) is 8.02. The van der Waals surface area contributed by atoms with Gasteiger partial charge in [-0.2, -0.15) is 5.26 Å². The molecule has 2 fully saturated rings. The number of carbonyl (C=O) groups is 4. The summed E-state index contributed by atoms with van der Waals surface area (Å²) in [7, 11) is 1.45. The van der Waals surface area contributed by atoms with Gasteiger partial charge in [0.1, 0.15) is 29.4 Å². The van der Waals surface area contributed by atoms with E-state index in [-0.39, 0.29) is 53.7 Å². The van der Waals surface area contributed by atoms with Crippen LogP contribution in [0.25, 0.3) is 10.9 Å². The van der Waals surface area contributed by atoms with Crippen molar-refractivity contribution in [3.05, 3.63) is 64.9 Å². The van der Waals surface area contributed by atoms with Gasteiger partial charge < -0.3 is 29.7 Å². The van der Waals surface area contributed by atoms with E-state index in [9.17, 15) is 33.2 Å². The van der Waals surface area contributed by atoms with E-state index in [0.717, 1.165) is 12.1 Å². The first-order chi connectivity index (χ1) is 21.9. The number of nitrogens with zero attached hydrogens (tertiary/aromatic N) is 4. The third kappa shape index (κ3) is 5.26. The van der Waals surface area contributed by atoms with Gasteiger partial charge in [0.05, 0.1) is 30.2 Å². The molecule has 0 unspecified atom stereocenters. The highest BCUT2D eigenvalue weighted by Gasteiger charge is 2.57. The second-order valence-electron chi connectivity index (χ2n) is 12.6. The number of morpholine rings is 1. The van der Waals surface area contributed by atoms with Crippen LogP contribution in [0.2, 0.25) is 0 Å². The van der Waals surface area contributed by atoms with E-state index in [0.29, 0.717) is 43.1 Å². The van der Waals surface area contributed by atoms with Crippen LogP contribution in [0.15, 0.2) is 36.4 Å². The molecular formula is C33H34F2N6O5. The first-order valence-corrected chi connectivity index (χ1v) is 15.2. The number of hydrogen-bond acceptors (Lipinski definition) is 6. The summed E-state index contributed by atoms with van der Waals surface area (Å²) in [6.45, 7) is 5.43. The fourth-order valence-corrected chi connectivity index (χ4v) is 6.78. The van der Waals surface area contributed by atoms with Crippen LogP contribution in [0.3, 0.4) is 0 Å². The number of likely N-dealkylation sites (N-methyl/N-ethyl adjacent to an activating group) is 1. The fourth-order valence-electron chi connectivity index (χ4n) is 6.78. The van der Waals surface area contributed by atoms with Gasteiger partial charge in [-0.25, -0.2) is 8.78 Å². The zero-order valence-corrected chi connectivity index (χ0v) is 25.7. The van der Waals surface area contributed by atoms with E-state index in [4.69, 9.17) is 4.74 Å². The number of halogens is 2. The van der Waals surface area contributed by atoms with Crippen molar-refractivity contribution >= 4 is 40.2 Å². The van der Waals surface area contributed by atoms with E-state index in [1.165, 1.54) is 22.9 Å². The Morgan fingerprint density at radius 1 is 1.15 bits per heavy atom. The van der Waals surface area contributed by atoms with Crippen molar-refractivity contribution in [3.8, 4) is 6.07 Å². The zero-order chi connectivity index (χ0) is 32.9. The molecule has 2 saturated heterocycles. The number of carbonyl (C=O) groups excluding carboxylic acids is 4. The van der Waals surface area contributed by atoms with E-state index in [1.807, 2.05) is 13.8 Å². The standard InChI is InChI=1S/C33H34F2N6O5/c1-18(2)10-28(39(3)30(43)27-14-22-24(35)12-20(34)13-26(22)37-27)31(44)41-17-33(15-21(41)16-36)23-11-19(4-5-25(23)38-32(33)45)29(42)40-6-8-46-9-7-40/h4-5,11-14,18,21,28,37H,6-10,15,17H2,1-3H3,(H,38,45)/t21-,28-,33-/m0/s1. The molecule has 2 N–H and O–H groups in total. The topological polar surface area (TPSA) is 139 Å². The number of nitrogens with one attached hydrogen (secondary N) is 2. The lowest BCUT2D eigenvalue weighted by molar-refractivity contribution is -0.136. The fraction of sp³-hybridized carbons (Fsp3) is 0.424. The minimum atomic E-state index is -1.27. The van der Waals surface area contributed by atoms with Crippen LogP contribution in [0.5, 0.6) is 0 Å². The second-order valence-corrected chi connectivity index (χ2v) is 12.6. The van der Waals surface area contributed by atoms with E-state index in [1.54, 1.807) is 23.1 Å². The molecule has 3 aliphatic heterocycles. The Hall–Kier alpha value is -4.83. The van der Waals surface area contributed by atoms with E-state index >= 15 is 0 Å². The number of rotatable bonds is 6. The Labute approximate surface area is 264 Å². The largest absolute Gasteiger partial charge is 0.378 e. The minimum absolute atomic E-state index is 0.0161. The SMILES string of the molecule is CC(C)C[C@@H](C(=O)N1C[C@]2(C[C@H]1C#N)C(=O)Nc1ccc(C(=O)N3CCOCC3)cc12)N(C)C(=O)c1cc2c(F)cc(F)cc2[nH]1. The number of ether oxygens (including phenoxy) is 1. The maximum Gasteiger partial charge on any atom is 0.270 e. The molecule has 4 amide bonds. The Morgan fingerprint density at radius 3 is 2.59 bits per heavy atom. The molecule has 46 heavy (non-hydrogen) atoms. The Bertz CT molecular complexity index is 1790. The maximum atomic E-state index is 14.4. The molecule has 0 aliphatic carbocycles. The van der Waals surface area contributed by atoms with Crippen molar-refractivity contribution in [1.29, 1.82) is 5.26 Å². The van der Waals surface area contributed by atoms with Gasteiger partial charge in [0, 0.05) is 55.8 Å². The van der Waals surface area contributed by atoms with Gasteiger partial charge in [-0.1, -0.05) is 13.8 Å². The summed E-state index contributed by atoms with van der Waals surface area (Å²) in [4.78, 5) is 61.8. The molecule has 0 bridgehead atoms. The minimum Gasteiger partial charge on any atom is -0.378 e. The molecule has 0 radical (unpaired) electrons. The van der Waals surface area contributed by atoms with Crippen molar-refractivity contribution < 1.29 is 32.7 Å². The van der Waals surface area contributed by atoms with Gasteiger partial charge in [0.2, 0.25) is 11.8 Å². The van der Waals surface area contributed by atoms with Gasteiger partial charge in [0.25, 0.3) is 11.8 Å². The highest BCUT2D eigenvalue weighted by molar-refractivity contribution is 6.09. The average molecular weight is 633 g/mol. The number of hydrogen-bond donors (Lipinski definition) is 2. The molecule has 3 aromatic rings. The summed E-state index contributed by atoms with van der Waals surface area (Å²) in [5.41, 5.74) is 0.264. The number of likely N-dealkylation sites (tertiary alicyclic amines) is 1. The molecule has 3 aliphatic rings. The number of anilines is 1. The van der Waals surface area contributed by atoms with Crippen LogP contribution in [-0.4, -0.2) is 95.3 Å². The number of aromatic amines is 1. The van der Waals surface area contributed by atoms with Gasteiger partial charge >= 0.3 is 0 Å². The average Bonchev–Trinajstić information content (AvgIpc) is 3.73. The third-order valence-electron chi connectivity index (χ3n) is 9.20. The summed E-state index contributed by atoms with van der Waals surface area (Å²) in [5, 5.41) is 13.1. The van der Waals surface area contributed by atoms with Crippen LogP contribution in [0.4, 0.5) is 14.5 Å². The highest BCUT2D eigenvalue weighted by Crippen LogP contribution is 2.47. The summed E-state index contributed by atoms with van der Waals surface area (Å²) in [5.74, 6) is -3.36. The van der Waals surface area contributed by atoms with Gasteiger partial charge in [-0.15, -0.1) is 0 Å². The van der Waals surface area contributed by atoms with Crippen molar-refractivity contribution in [2.75, 3.05) is 45.2 Å². The third-order valence-corrected chi connectivity index (χ3v) is 9.20. The lowest BCUT2D eigenvalue weighted by Gasteiger charge is -2.33. The number of nitriles is 1. The quantitative estimate of drug-likeness (QED) is 0.427. The second kappa shape index (κ2) is 11.8. The van der Waals surface area contributed by atoms with Crippen LogP contribution in [0, 0.1) is 28.9 Å². The van der Waals surface area contributed by atoms with Crippen LogP contribution >= 0.6 is 0 Å². The molecule has 11 nitrogen and oxygen atoms in total. The molecule has 13 heteroatoms. The number of benzene rings is 2. The Morgan fingerprint density at radius 2 is 1.89 bits per heavy atom. The van der Waals surface area contributed by atoms with Gasteiger partial charge in [0.15, 0.2) is 0 Å². The molecule has 1 spiro atoms. The number of H-pyrrole nitrogens is 1. The summed E-state index contributed by atoms with van der Waals surface area (Å²) >= 11 is 0.